The zero-order chi connectivity index (χ0) is 15.2. The first kappa shape index (κ1) is 16.9. The number of carbonyl (C=O) groups excluding carboxylic acids is 2. The first-order valence-corrected chi connectivity index (χ1v) is 8.56. The Morgan fingerprint density at radius 2 is 2.00 bits per heavy atom. The van der Waals surface area contributed by atoms with Crippen molar-refractivity contribution in [2.75, 3.05) is 37.7 Å². The Morgan fingerprint density at radius 3 is 2.50 bits per heavy atom. The molecule has 0 aliphatic carbocycles. The van der Waals surface area contributed by atoms with Crippen LogP contribution in [0.1, 0.15) is 20.3 Å². The quantitative estimate of drug-likeness (QED) is 0.618. The van der Waals surface area contributed by atoms with Crippen LogP contribution in [0.3, 0.4) is 0 Å². The van der Waals surface area contributed by atoms with Crippen LogP contribution < -0.4 is 5.32 Å². The molecule has 1 N–H and O–H groups in total. The van der Waals surface area contributed by atoms with Crippen LogP contribution in [0.15, 0.2) is 0 Å². The van der Waals surface area contributed by atoms with Crippen LogP contribution in [0.25, 0.3) is 0 Å². The van der Waals surface area contributed by atoms with Crippen molar-refractivity contribution in [3.63, 3.8) is 0 Å². The van der Waals surface area contributed by atoms with Crippen LogP contribution in [-0.2, 0) is 24.2 Å². The van der Waals surface area contributed by atoms with Gasteiger partial charge in [0, 0.05) is 6.04 Å². The Kier molecular flexibility index (Phi) is 6.41. The van der Waals surface area contributed by atoms with E-state index in [1.165, 1.54) is 0 Å². The van der Waals surface area contributed by atoms with Gasteiger partial charge in [-0.15, -0.1) is 0 Å². The molecule has 1 rings (SSSR count). The molecule has 1 aliphatic rings. The number of amides is 1. The minimum absolute atomic E-state index is 0.00272. The highest BCUT2D eigenvalue weighted by molar-refractivity contribution is 7.91. The van der Waals surface area contributed by atoms with E-state index < -0.39 is 9.84 Å². The molecule has 1 atom stereocenters. The monoisotopic (exact) mass is 306 g/mol. The molecule has 0 radical (unpaired) electrons. The lowest BCUT2D eigenvalue weighted by atomic mass is 10.2. The Balaban J connectivity index is 2.38. The molecule has 0 aromatic rings. The lowest BCUT2D eigenvalue weighted by molar-refractivity contribution is -0.144. The predicted octanol–water partition coefficient (Wildman–Crippen LogP) is -0.825. The third-order valence-electron chi connectivity index (χ3n) is 3.07. The molecular formula is C12H22N2O5S. The minimum atomic E-state index is -3.00. The average Bonchev–Trinajstić information content (AvgIpc) is 2.67. The Labute approximate surface area is 119 Å². The highest BCUT2D eigenvalue weighted by atomic mass is 32.2. The summed E-state index contributed by atoms with van der Waals surface area (Å²) in [5.74, 6) is -0.509. The van der Waals surface area contributed by atoms with Crippen molar-refractivity contribution >= 4 is 21.7 Å². The molecule has 1 unspecified atom stereocenters. The smallest absolute Gasteiger partial charge is 0.320 e. The van der Waals surface area contributed by atoms with E-state index in [0.29, 0.717) is 19.6 Å². The summed E-state index contributed by atoms with van der Waals surface area (Å²) in [6.07, 6.45) is 0.456. The summed E-state index contributed by atoms with van der Waals surface area (Å²) in [6.45, 7) is 4.53. The van der Waals surface area contributed by atoms with Gasteiger partial charge in [0.2, 0.25) is 5.91 Å². The van der Waals surface area contributed by atoms with Gasteiger partial charge in [0.1, 0.15) is 0 Å². The number of ether oxygens (including phenoxy) is 1. The summed E-state index contributed by atoms with van der Waals surface area (Å²) < 4.78 is 27.4. The van der Waals surface area contributed by atoms with Crippen LogP contribution in [0, 0.1) is 0 Å². The van der Waals surface area contributed by atoms with E-state index in [-0.39, 0.29) is 42.5 Å². The molecule has 0 aromatic carbocycles. The minimum Gasteiger partial charge on any atom is -0.465 e. The van der Waals surface area contributed by atoms with Crippen LogP contribution in [0.2, 0.25) is 0 Å². The van der Waals surface area contributed by atoms with Gasteiger partial charge < -0.3 is 10.1 Å². The summed E-state index contributed by atoms with van der Waals surface area (Å²) in [5.41, 5.74) is 0. The molecule has 0 spiro atoms. The van der Waals surface area contributed by atoms with Gasteiger partial charge in [-0.25, -0.2) is 8.42 Å². The molecule has 1 heterocycles. The van der Waals surface area contributed by atoms with Gasteiger partial charge >= 0.3 is 5.97 Å². The molecule has 7 nitrogen and oxygen atoms in total. The van der Waals surface area contributed by atoms with Gasteiger partial charge in [-0.3, -0.25) is 14.5 Å². The summed E-state index contributed by atoms with van der Waals surface area (Å²) in [4.78, 5) is 24.8. The van der Waals surface area contributed by atoms with E-state index in [1.807, 2.05) is 6.92 Å². The average molecular weight is 306 g/mol. The standard InChI is InChI=1S/C12H22N2O5S/c1-3-14(8-12(16)19-4-2)7-11(15)13-10-5-6-20(17,18)9-10/h10H,3-9H2,1-2H3,(H,13,15). The fourth-order valence-electron chi connectivity index (χ4n) is 2.05. The van der Waals surface area contributed by atoms with Crippen molar-refractivity contribution in [3.05, 3.63) is 0 Å². The van der Waals surface area contributed by atoms with Crippen molar-refractivity contribution in [1.82, 2.24) is 10.2 Å². The Morgan fingerprint density at radius 1 is 1.30 bits per heavy atom. The van der Waals surface area contributed by atoms with Crippen LogP contribution in [-0.4, -0.2) is 69.0 Å². The zero-order valence-electron chi connectivity index (χ0n) is 11.9. The van der Waals surface area contributed by atoms with E-state index in [4.69, 9.17) is 4.74 Å². The molecule has 116 valence electrons. The fraction of sp³-hybridized carbons (Fsp3) is 0.833. The van der Waals surface area contributed by atoms with E-state index >= 15 is 0 Å². The SMILES string of the molecule is CCOC(=O)CN(CC)CC(=O)NC1CCS(=O)(=O)C1. The molecule has 20 heavy (non-hydrogen) atoms. The number of carbonyl (C=O) groups is 2. The number of likely N-dealkylation sites (N-methyl/N-ethyl adjacent to an activating group) is 1. The summed E-state index contributed by atoms with van der Waals surface area (Å²) >= 11 is 0. The predicted molar refractivity (Wildman–Crippen MR) is 73.9 cm³/mol. The van der Waals surface area contributed by atoms with E-state index in [2.05, 4.69) is 5.32 Å². The van der Waals surface area contributed by atoms with E-state index in [1.54, 1.807) is 11.8 Å². The Hall–Kier alpha value is -1.15. The number of hydrogen-bond donors (Lipinski definition) is 1. The van der Waals surface area contributed by atoms with Gasteiger partial charge in [0.25, 0.3) is 0 Å². The summed E-state index contributed by atoms with van der Waals surface area (Å²) in [5, 5.41) is 2.69. The molecule has 1 fully saturated rings. The molecule has 1 saturated heterocycles. The second-order valence-corrected chi connectivity index (χ2v) is 7.00. The Bertz CT molecular complexity index is 449. The molecular weight excluding hydrogens is 284 g/mol. The van der Waals surface area contributed by atoms with Gasteiger partial charge in [-0.2, -0.15) is 0 Å². The second-order valence-electron chi connectivity index (χ2n) is 4.78. The van der Waals surface area contributed by atoms with Crippen molar-refractivity contribution in [2.24, 2.45) is 0 Å². The maximum absolute atomic E-state index is 11.8. The van der Waals surface area contributed by atoms with Crippen LogP contribution in [0.5, 0.6) is 0 Å². The van der Waals surface area contributed by atoms with E-state index in [0.717, 1.165) is 0 Å². The van der Waals surface area contributed by atoms with Crippen molar-refractivity contribution in [1.29, 1.82) is 0 Å². The number of nitrogens with one attached hydrogen (secondary N) is 1. The van der Waals surface area contributed by atoms with E-state index in [9.17, 15) is 18.0 Å². The van der Waals surface area contributed by atoms with Crippen LogP contribution in [0.4, 0.5) is 0 Å². The van der Waals surface area contributed by atoms with Crippen molar-refractivity contribution in [2.45, 2.75) is 26.3 Å². The lowest BCUT2D eigenvalue weighted by Gasteiger charge is -2.20. The largest absolute Gasteiger partial charge is 0.465 e. The fourth-order valence-corrected chi connectivity index (χ4v) is 3.73. The summed E-state index contributed by atoms with van der Waals surface area (Å²) in [6, 6.07) is -0.311. The van der Waals surface area contributed by atoms with Gasteiger partial charge in [-0.1, -0.05) is 6.92 Å². The highest BCUT2D eigenvalue weighted by Crippen LogP contribution is 2.11. The third kappa shape index (κ3) is 5.87. The topological polar surface area (TPSA) is 92.8 Å². The molecule has 1 aliphatic heterocycles. The zero-order valence-corrected chi connectivity index (χ0v) is 12.7. The summed E-state index contributed by atoms with van der Waals surface area (Å²) in [7, 11) is -3.00. The number of sulfone groups is 1. The maximum Gasteiger partial charge on any atom is 0.320 e. The van der Waals surface area contributed by atoms with Gasteiger partial charge in [0.15, 0.2) is 9.84 Å². The number of nitrogens with zero attached hydrogens (tertiary/aromatic N) is 1. The first-order valence-electron chi connectivity index (χ1n) is 6.74. The molecule has 0 saturated carbocycles. The molecule has 8 heteroatoms. The lowest BCUT2D eigenvalue weighted by Crippen LogP contribution is -2.44. The van der Waals surface area contributed by atoms with Crippen LogP contribution >= 0.6 is 0 Å². The number of esters is 1. The number of hydrogen-bond acceptors (Lipinski definition) is 6. The second kappa shape index (κ2) is 7.58. The van der Waals surface area contributed by atoms with Gasteiger partial charge in [-0.05, 0) is 19.9 Å². The molecule has 0 bridgehead atoms. The highest BCUT2D eigenvalue weighted by Gasteiger charge is 2.29. The maximum atomic E-state index is 11.8. The molecule has 1 amide bonds. The molecule has 0 aromatic heterocycles. The number of rotatable bonds is 7. The normalized spacial score (nSPS) is 20.9. The third-order valence-corrected chi connectivity index (χ3v) is 4.84. The van der Waals surface area contributed by atoms with Crippen molar-refractivity contribution in [3.8, 4) is 0 Å². The first-order chi connectivity index (χ1) is 9.36. The van der Waals surface area contributed by atoms with Gasteiger partial charge in [0.05, 0.1) is 31.2 Å². The van der Waals surface area contributed by atoms with Crippen molar-refractivity contribution < 1.29 is 22.7 Å².